The van der Waals surface area contributed by atoms with Gasteiger partial charge in [0.1, 0.15) is 17.3 Å². The molecule has 0 spiro atoms. The number of rotatable bonds is 4. The number of aromatic nitrogens is 3. The molecule has 0 aliphatic carbocycles. The van der Waals surface area contributed by atoms with Crippen LogP contribution in [0, 0.1) is 25.5 Å². The van der Waals surface area contributed by atoms with Crippen molar-refractivity contribution in [3.05, 3.63) is 65.4 Å². The van der Waals surface area contributed by atoms with Crippen LogP contribution in [0.4, 0.5) is 31.9 Å². The molecule has 2 N–H and O–H groups in total. The molecule has 1 heterocycles. The van der Waals surface area contributed by atoms with E-state index in [4.69, 9.17) is 0 Å². The molecule has 122 valence electrons. The molecular weight excluding hydrogens is 312 g/mol. The van der Waals surface area contributed by atoms with Gasteiger partial charge in [0.05, 0.1) is 6.20 Å². The van der Waals surface area contributed by atoms with E-state index in [1.54, 1.807) is 0 Å². The monoisotopic (exact) mass is 327 g/mol. The molecule has 5 nitrogen and oxygen atoms in total. The Labute approximate surface area is 137 Å². The lowest BCUT2D eigenvalue weighted by molar-refractivity contribution is 0.590. The molecule has 7 heteroatoms. The van der Waals surface area contributed by atoms with Gasteiger partial charge in [-0.25, -0.2) is 8.78 Å². The average molecular weight is 327 g/mol. The van der Waals surface area contributed by atoms with Crippen LogP contribution in [0.1, 0.15) is 11.1 Å². The standard InChI is InChI=1S/C17H15F2N5/c1-10-5-3-6-11(2)15(10)23-17-22-14(9-20-24-17)21-16-12(18)7-4-8-13(16)19/h3-9H,1-2H3,(H2,21,22,23,24). The molecule has 0 fully saturated rings. The first kappa shape index (κ1) is 15.8. The van der Waals surface area contributed by atoms with Crippen LogP contribution in [0.2, 0.25) is 0 Å². The normalized spacial score (nSPS) is 10.5. The summed E-state index contributed by atoms with van der Waals surface area (Å²) in [5, 5.41) is 13.4. The number of para-hydroxylation sites is 2. The fraction of sp³-hybridized carbons (Fsp3) is 0.118. The van der Waals surface area contributed by atoms with Crippen LogP contribution in [0.3, 0.4) is 0 Å². The average Bonchev–Trinajstić information content (AvgIpc) is 2.55. The fourth-order valence-electron chi connectivity index (χ4n) is 2.29. The minimum Gasteiger partial charge on any atom is -0.334 e. The van der Waals surface area contributed by atoms with Crippen molar-refractivity contribution < 1.29 is 8.78 Å². The molecule has 0 aliphatic heterocycles. The summed E-state index contributed by atoms with van der Waals surface area (Å²) < 4.78 is 27.4. The topological polar surface area (TPSA) is 62.7 Å². The summed E-state index contributed by atoms with van der Waals surface area (Å²) >= 11 is 0. The Morgan fingerprint density at radius 1 is 0.833 bits per heavy atom. The summed E-state index contributed by atoms with van der Waals surface area (Å²) in [7, 11) is 0. The summed E-state index contributed by atoms with van der Waals surface area (Å²) in [6.07, 6.45) is 1.29. The number of aryl methyl sites for hydroxylation is 2. The predicted molar refractivity (Wildman–Crippen MR) is 88.7 cm³/mol. The van der Waals surface area contributed by atoms with Crippen LogP contribution in [0.15, 0.2) is 42.6 Å². The molecular formula is C17H15F2N5. The van der Waals surface area contributed by atoms with Crippen molar-refractivity contribution in [2.45, 2.75) is 13.8 Å². The molecule has 3 aromatic rings. The summed E-state index contributed by atoms with van der Waals surface area (Å²) in [5.74, 6) is -1.01. The summed E-state index contributed by atoms with van der Waals surface area (Å²) in [5.41, 5.74) is 2.64. The number of hydrogen-bond donors (Lipinski definition) is 2. The largest absolute Gasteiger partial charge is 0.334 e. The first-order valence-corrected chi connectivity index (χ1v) is 7.28. The van der Waals surface area contributed by atoms with E-state index in [-0.39, 0.29) is 17.5 Å². The van der Waals surface area contributed by atoms with E-state index in [9.17, 15) is 8.78 Å². The van der Waals surface area contributed by atoms with E-state index in [2.05, 4.69) is 25.8 Å². The fourth-order valence-corrected chi connectivity index (χ4v) is 2.29. The highest BCUT2D eigenvalue weighted by atomic mass is 19.1. The maximum absolute atomic E-state index is 13.7. The van der Waals surface area contributed by atoms with Gasteiger partial charge < -0.3 is 10.6 Å². The van der Waals surface area contributed by atoms with E-state index in [0.717, 1.165) is 28.9 Å². The highest BCUT2D eigenvalue weighted by Crippen LogP contribution is 2.24. The predicted octanol–water partition coefficient (Wildman–Crippen LogP) is 4.25. The lowest BCUT2D eigenvalue weighted by Crippen LogP contribution is -2.05. The second-order valence-corrected chi connectivity index (χ2v) is 5.28. The van der Waals surface area contributed by atoms with E-state index in [1.165, 1.54) is 12.3 Å². The Morgan fingerprint density at radius 3 is 2.12 bits per heavy atom. The third-order valence-electron chi connectivity index (χ3n) is 3.49. The molecule has 0 unspecified atom stereocenters. The van der Waals surface area contributed by atoms with Crippen molar-refractivity contribution >= 4 is 23.1 Å². The number of halogens is 2. The van der Waals surface area contributed by atoms with Crippen molar-refractivity contribution in [3.8, 4) is 0 Å². The van der Waals surface area contributed by atoms with Gasteiger partial charge in [-0.1, -0.05) is 24.3 Å². The molecule has 24 heavy (non-hydrogen) atoms. The minimum atomic E-state index is -0.710. The zero-order chi connectivity index (χ0) is 17.1. The first-order chi connectivity index (χ1) is 11.5. The Bertz CT molecular complexity index is 773. The Kier molecular flexibility index (Phi) is 4.33. The van der Waals surface area contributed by atoms with E-state index < -0.39 is 11.6 Å². The highest BCUT2D eigenvalue weighted by molar-refractivity contribution is 5.64. The zero-order valence-corrected chi connectivity index (χ0v) is 13.1. The minimum absolute atomic E-state index is 0.183. The molecule has 3 rings (SSSR count). The van der Waals surface area contributed by atoms with Crippen LogP contribution in [-0.2, 0) is 0 Å². The van der Waals surface area contributed by atoms with Crippen molar-refractivity contribution in [2.24, 2.45) is 0 Å². The number of benzene rings is 2. The molecule has 0 bridgehead atoms. The molecule has 0 amide bonds. The van der Waals surface area contributed by atoms with Gasteiger partial charge in [-0.15, -0.1) is 5.10 Å². The molecule has 0 saturated carbocycles. The highest BCUT2D eigenvalue weighted by Gasteiger charge is 2.11. The molecule has 0 atom stereocenters. The van der Waals surface area contributed by atoms with Gasteiger partial charge in [-0.05, 0) is 37.1 Å². The van der Waals surface area contributed by atoms with Crippen molar-refractivity contribution in [1.29, 1.82) is 0 Å². The van der Waals surface area contributed by atoms with E-state index >= 15 is 0 Å². The van der Waals surface area contributed by atoms with Gasteiger partial charge in [-0.3, -0.25) is 0 Å². The Balaban J connectivity index is 1.87. The molecule has 0 radical (unpaired) electrons. The van der Waals surface area contributed by atoms with Gasteiger partial charge in [0.25, 0.3) is 0 Å². The van der Waals surface area contributed by atoms with Gasteiger partial charge in [0.15, 0.2) is 5.82 Å². The lowest BCUT2D eigenvalue weighted by atomic mass is 10.1. The Hall–Kier alpha value is -3.09. The van der Waals surface area contributed by atoms with E-state index in [1.807, 2.05) is 32.0 Å². The maximum Gasteiger partial charge on any atom is 0.249 e. The summed E-state index contributed by atoms with van der Waals surface area (Å²) in [6.45, 7) is 3.92. The van der Waals surface area contributed by atoms with Gasteiger partial charge in [0.2, 0.25) is 5.95 Å². The quantitative estimate of drug-likeness (QED) is 0.750. The van der Waals surface area contributed by atoms with Gasteiger partial charge in [-0.2, -0.15) is 10.1 Å². The second kappa shape index (κ2) is 6.57. The van der Waals surface area contributed by atoms with Crippen molar-refractivity contribution in [2.75, 3.05) is 10.6 Å². The number of anilines is 4. The van der Waals surface area contributed by atoms with E-state index in [0.29, 0.717) is 0 Å². The van der Waals surface area contributed by atoms with Crippen LogP contribution in [0.25, 0.3) is 0 Å². The summed E-state index contributed by atoms with van der Waals surface area (Å²) in [6, 6.07) is 9.49. The van der Waals surface area contributed by atoms with Crippen molar-refractivity contribution in [1.82, 2.24) is 15.2 Å². The van der Waals surface area contributed by atoms with Crippen LogP contribution in [0.5, 0.6) is 0 Å². The number of nitrogens with zero attached hydrogens (tertiary/aromatic N) is 3. The van der Waals surface area contributed by atoms with Gasteiger partial charge >= 0.3 is 0 Å². The third-order valence-corrected chi connectivity index (χ3v) is 3.49. The van der Waals surface area contributed by atoms with Crippen LogP contribution >= 0.6 is 0 Å². The zero-order valence-electron chi connectivity index (χ0n) is 13.1. The first-order valence-electron chi connectivity index (χ1n) is 7.28. The van der Waals surface area contributed by atoms with Crippen LogP contribution in [-0.4, -0.2) is 15.2 Å². The molecule has 2 aromatic carbocycles. The molecule has 1 aromatic heterocycles. The third kappa shape index (κ3) is 3.29. The van der Waals surface area contributed by atoms with Crippen LogP contribution < -0.4 is 10.6 Å². The smallest absolute Gasteiger partial charge is 0.249 e. The SMILES string of the molecule is Cc1cccc(C)c1Nc1nncc(Nc2c(F)cccc2F)n1. The maximum atomic E-state index is 13.7. The summed E-state index contributed by atoms with van der Waals surface area (Å²) in [4.78, 5) is 4.20. The molecule has 0 aliphatic rings. The number of hydrogen-bond acceptors (Lipinski definition) is 5. The lowest BCUT2D eigenvalue weighted by Gasteiger charge is -2.12. The number of nitrogens with one attached hydrogen (secondary N) is 2. The van der Waals surface area contributed by atoms with Gasteiger partial charge in [0, 0.05) is 5.69 Å². The Morgan fingerprint density at radius 2 is 1.46 bits per heavy atom. The van der Waals surface area contributed by atoms with Crippen molar-refractivity contribution in [3.63, 3.8) is 0 Å². The second-order valence-electron chi connectivity index (χ2n) is 5.28. The molecule has 0 saturated heterocycles.